The summed E-state index contributed by atoms with van der Waals surface area (Å²) in [5.41, 5.74) is 7.39. The number of thiophene rings is 1. The van der Waals surface area contributed by atoms with Gasteiger partial charge < -0.3 is 24.7 Å². The first kappa shape index (κ1) is 23.0. The van der Waals surface area contributed by atoms with Crippen LogP contribution in [0.3, 0.4) is 0 Å². The maximum absolute atomic E-state index is 12.2. The van der Waals surface area contributed by atoms with Crippen LogP contribution in [0.25, 0.3) is 16.3 Å². The number of para-hydroxylation sites is 1. The Morgan fingerprint density at radius 3 is 2.62 bits per heavy atom. The van der Waals surface area contributed by atoms with Crippen LogP contribution in [-0.4, -0.2) is 42.7 Å². The number of carbonyl (C=O) groups is 2. The van der Waals surface area contributed by atoms with Crippen LogP contribution in [0.5, 0.6) is 11.5 Å². The van der Waals surface area contributed by atoms with Gasteiger partial charge in [0.2, 0.25) is 0 Å². The van der Waals surface area contributed by atoms with E-state index in [4.69, 9.17) is 24.7 Å². The smallest absolute Gasteiger partial charge is 0.348 e. The van der Waals surface area contributed by atoms with Crippen LogP contribution in [0.4, 0.5) is 5.82 Å². The van der Waals surface area contributed by atoms with Gasteiger partial charge in [0.1, 0.15) is 15.5 Å². The zero-order valence-corrected chi connectivity index (χ0v) is 18.9. The molecule has 0 radical (unpaired) electrons. The Balaban J connectivity index is 1.74. The van der Waals surface area contributed by atoms with Gasteiger partial charge in [0.25, 0.3) is 0 Å². The number of nitrogen functional groups attached to an aromatic ring is 1. The minimum atomic E-state index is -0.591. The number of nitrogens with zero attached hydrogens (tertiary/aromatic N) is 2. The summed E-state index contributed by atoms with van der Waals surface area (Å²) in [4.78, 5) is 33.9. The highest BCUT2D eigenvalue weighted by Gasteiger charge is 2.20. The molecule has 0 aliphatic heterocycles. The number of ether oxygens (including phenoxy) is 4. The molecule has 0 saturated carbocycles. The van der Waals surface area contributed by atoms with Crippen molar-refractivity contribution < 1.29 is 28.5 Å². The van der Waals surface area contributed by atoms with Crippen LogP contribution in [0.15, 0.2) is 24.3 Å². The van der Waals surface area contributed by atoms with Crippen molar-refractivity contribution >= 4 is 45.4 Å². The van der Waals surface area contributed by atoms with E-state index in [0.717, 1.165) is 11.3 Å². The molecule has 10 heteroatoms. The predicted octanol–water partition coefficient (Wildman–Crippen LogP) is 3.53. The van der Waals surface area contributed by atoms with Crippen molar-refractivity contribution in [3.63, 3.8) is 0 Å². The maximum atomic E-state index is 12.2. The first-order chi connectivity index (χ1) is 15.4. The minimum absolute atomic E-state index is 0.176. The SMILES string of the molecule is CCOC(=O)c1sc2nc(COC(=O)/C=C/c3cccc(OC)c3OC)nc(N)c2c1C. The minimum Gasteiger partial charge on any atom is -0.493 e. The zero-order valence-electron chi connectivity index (χ0n) is 18.1. The van der Waals surface area contributed by atoms with E-state index in [0.29, 0.717) is 37.7 Å². The Labute approximate surface area is 188 Å². The monoisotopic (exact) mass is 457 g/mol. The van der Waals surface area contributed by atoms with Crippen molar-refractivity contribution in [2.24, 2.45) is 0 Å². The molecule has 0 amide bonds. The van der Waals surface area contributed by atoms with Gasteiger partial charge in [0, 0.05) is 11.6 Å². The van der Waals surface area contributed by atoms with Gasteiger partial charge in [-0.3, -0.25) is 0 Å². The van der Waals surface area contributed by atoms with Crippen molar-refractivity contribution in [2.45, 2.75) is 20.5 Å². The Morgan fingerprint density at radius 1 is 1.16 bits per heavy atom. The Bertz CT molecular complexity index is 1190. The van der Waals surface area contributed by atoms with Gasteiger partial charge in [-0.15, -0.1) is 11.3 Å². The molecule has 0 bridgehead atoms. The summed E-state index contributed by atoms with van der Waals surface area (Å²) in [7, 11) is 3.05. The average Bonchev–Trinajstić information content (AvgIpc) is 3.12. The highest BCUT2D eigenvalue weighted by atomic mass is 32.1. The standard InChI is InChI=1S/C22H23N3O6S/c1-5-30-22(27)19-12(2)17-20(23)24-15(25-21(17)32-19)11-31-16(26)10-9-13-7-6-8-14(28-3)18(13)29-4/h6-10H,5,11H2,1-4H3,(H2,23,24,25)/b10-9+. The lowest BCUT2D eigenvalue weighted by atomic mass is 10.1. The fourth-order valence-corrected chi connectivity index (χ4v) is 4.16. The lowest BCUT2D eigenvalue weighted by Gasteiger charge is -2.09. The van der Waals surface area contributed by atoms with Crippen molar-refractivity contribution in [3.05, 3.63) is 46.1 Å². The number of rotatable bonds is 8. The van der Waals surface area contributed by atoms with E-state index in [1.54, 1.807) is 38.1 Å². The van der Waals surface area contributed by atoms with Crippen LogP contribution in [0.2, 0.25) is 0 Å². The number of anilines is 1. The van der Waals surface area contributed by atoms with E-state index < -0.39 is 11.9 Å². The molecule has 2 heterocycles. The number of nitrogens with two attached hydrogens (primary N) is 1. The molecule has 0 spiro atoms. The van der Waals surface area contributed by atoms with E-state index in [9.17, 15) is 9.59 Å². The van der Waals surface area contributed by atoms with Crippen molar-refractivity contribution in [1.29, 1.82) is 0 Å². The molecule has 0 saturated heterocycles. The van der Waals surface area contributed by atoms with Gasteiger partial charge in [-0.25, -0.2) is 19.6 Å². The van der Waals surface area contributed by atoms with Crippen molar-refractivity contribution in [3.8, 4) is 11.5 Å². The summed E-state index contributed by atoms with van der Waals surface area (Å²) >= 11 is 1.16. The Kier molecular flexibility index (Phi) is 7.26. The van der Waals surface area contributed by atoms with Gasteiger partial charge >= 0.3 is 11.9 Å². The van der Waals surface area contributed by atoms with Crippen LogP contribution in [0, 0.1) is 6.92 Å². The first-order valence-electron chi connectivity index (χ1n) is 9.68. The molecule has 0 aliphatic rings. The average molecular weight is 458 g/mol. The zero-order chi connectivity index (χ0) is 23.3. The molecule has 9 nitrogen and oxygen atoms in total. The number of methoxy groups -OCH3 is 2. The third-order valence-electron chi connectivity index (χ3n) is 4.50. The molecule has 3 rings (SSSR count). The normalized spacial score (nSPS) is 11.0. The summed E-state index contributed by atoms with van der Waals surface area (Å²) in [6.45, 7) is 3.59. The van der Waals surface area contributed by atoms with E-state index in [2.05, 4.69) is 9.97 Å². The topological polar surface area (TPSA) is 123 Å². The molecule has 2 aromatic heterocycles. The lowest BCUT2D eigenvalue weighted by molar-refractivity contribution is -0.139. The number of aryl methyl sites for hydroxylation is 1. The van der Waals surface area contributed by atoms with Gasteiger partial charge in [-0.1, -0.05) is 12.1 Å². The molecule has 2 N–H and O–H groups in total. The number of fused-ring (bicyclic) bond motifs is 1. The molecule has 1 aromatic carbocycles. The van der Waals surface area contributed by atoms with Crippen LogP contribution >= 0.6 is 11.3 Å². The predicted molar refractivity (Wildman–Crippen MR) is 121 cm³/mol. The van der Waals surface area contributed by atoms with Crippen molar-refractivity contribution in [1.82, 2.24) is 9.97 Å². The molecule has 32 heavy (non-hydrogen) atoms. The summed E-state index contributed by atoms with van der Waals surface area (Å²) in [5.74, 6) is 0.472. The molecular weight excluding hydrogens is 434 g/mol. The highest BCUT2D eigenvalue weighted by molar-refractivity contribution is 7.20. The number of hydrogen-bond donors (Lipinski definition) is 1. The molecule has 0 fully saturated rings. The first-order valence-corrected chi connectivity index (χ1v) is 10.5. The molecule has 0 unspecified atom stereocenters. The molecule has 0 aliphatic carbocycles. The number of esters is 2. The number of aromatic nitrogens is 2. The Hall–Kier alpha value is -3.66. The second-order valence-electron chi connectivity index (χ2n) is 6.51. The van der Waals surface area contributed by atoms with E-state index in [1.807, 2.05) is 0 Å². The fourth-order valence-electron chi connectivity index (χ4n) is 3.06. The lowest BCUT2D eigenvalue weighted by Crippen LogP contribution is -2.06. The van der Waals surface area contributed by atoms with E-state index >= 15 is 0 Å². The molecule has 0 atom stereocenters. The van der Waals surface area contributed by atoms with E-state index in [-0.39, 0.29) is 24.9 Å². The maximum Gasteiger partial charge on any atom is 0.348 e. The largest absolute Gasteiger partial charge is 0.493 e. The second kappa shape index (κ2) is 10.1. The van der Waals surface area contributed by atoms with E-state index in [1.165, 1.54) is 20.3 Å². The molecule has 3 aromatic rings. The van der Waals surface area contributed by atoms with Crippen LogP contribution in [0.1, 0.15) is 33.5 Å². The molecular formula is C22H23N3O6S. The molecule has 168 valence electrons. The highest BCUT2D eigenvalue weighted by Crippen LogP contribution is 2.33. The number of hydrogen-bond acceptors (Lipinski definition) is 10. The van der Waals surface area contributed by atoms with Gasteiger partial charge in [-0.05, 0) is 31.6 Å². The third kappa shape index (κ3) is 4.80. The van der Waals surface area contributed by atoms with Crippen LogP contribution in [-0.2, 0) is 20.9 Å². The van der Waals surface area contributed by atoms with Gasteiger partial charge in [0.05, 0.1) is 26.2 Å². The summed E-state index contributed by atoms with van der Waals surface area (Å²) < 4.78 is 20.9. The summed E-state index contributed by atoms with van der Waals surface area (Å²) in [5, 5.41) is 0.596. The quantitative estimate of drug-likeness (QED) is 0.400. The van der Waals surface area contributed by atoms with Crippen molar-refractivity contribution in [2.75, 3.05) is 26.6 Å². The van der Waals surface area contributed by atoms with Gasteiger partial charge in [0.15, 0.2) is 23.9 Å². The summed E-state index contributed by atoms with van der Waals surface area (Å²) in [6.07, 6.45) is 2.84. The Morgan fingerprint density at radius 2 is 1.94 bits per heavy atom. The van der Waals surface area contributed by atoms with Crippen LogP contribution < -0.4 is 15.2 Å². The number of carbonyl (C=O) groups excluding carboxylic acids is 2. The van der Waals surface area contributed by atoms with Gasteiger partial charge in [-0.2, -0.15) is 0 Å². The fraction of sp³-hybridized carbons (Fsp3) is 0.273. The number of benzene rings is 1. The second-order valence-corrected chi connectivity index (χ2v) is 7.50. The summed E-state index contributed by atoms with van der Waals surface area (Å²) in [6, 6.07) is 5.32. The third-order valence-corrected chi connectivity index (χ3v) is 5.67.